The van der Waals surface area contributed by atoms with E-state index in [1.165, 1.54) is 16.1 Å². The van der Waals surface area contributed by atoms with Crippen molar-refractivity contribution in [3.63, 3.8) is 0 Å². The van der Waals surface area contributed by atoms with Crippen LogP contribution in [-0.4, -0.2) is 76.3 Å². The zero-order valence-electron chi connectivity index (χ0n) is 19.0. The molecule has 0 aromatic heterocycles. The normalized spacial score (nSPS) is 19.2. The second-order valence-electron chi connectivity index (χ2n) is 8.69. The highest BCUT2D eigenvalue weighted by atomic mass is 32.2. The molecule has 1 atom stereocenters. The minimum Gasteiger partial charge on any atom is -0.497 e. The van der Waals surface area contributed by atoms with Gasteiger partial charge in [0.1, 0.15) is 5.75 Å². The van der Waals surface area contributed by atoms with Crippen LogP contribution in [0.4, 0.5) is 5.69 Å². The zero-order valence-corrected chi connectivity index (χ0v) is 19.8. The van der Waals surface area contributed by atoms with Gasteiger partial charge in [0.2, 0.25) is 10.0 Å². The van der Waals surface area contributed by atoms with Crippen molar-refractivity contribution in [2.75, 3.05) is 50.4 Å². The van der Waals surface area contributed by atoms with Gasteiger partial charge >= 0.3 is 0 Å². The van der Waals surface area contributed by atoms with Crippen molar-refractivity contribution in [2.24, 2.45) is 0 Å². The van der Waals surface area contributed by atoms with Crippen molar-refractivity contribution in [3.8, 4) is 5.75 Å². The predicted molar refractivity (Wildman–Crippen MR) is 126 cm³/mol. The molecule has 2 aromatic carbocycles. The van der Waals surface area contributed by atoms with E-state index in [0.717, 1.165) is 37.4 Å². The van der Waals surface area contributed by atoms with Gasteiger partial charge in [-0.3, -0.25) is 14.0 Å². The molecule has 2 aliphatic rings. The number of hydrogen-bond acceptors (Lipinski definition) is 5. The van der Waals surface area contributed by atoms with Gasteiger partial charge in [-0.25, -0.2) is 8.42 Å². The summed E-state index contributed by atoms with van der Waals surface area (Å²) in [5, 5.41) is 0. The average molecular weight is 458 g/mol. The lowest BCUT2D eigenvalue weighted by Gasteiger charge is -2.35. The Bertz CT molecular complexity index is 1080. The Morgan fingerprint density at radius 2 is 1.75 bits per heavy atom. The first-order valence-electron chi connectivity index (χ1n) is 11.0. The Morgan fingerprint density at radius 1 is 1.06 bits per heavy atom. The topological polar surface area (TPSA) is 70.2 Å². The van der Waals surface area contributed by atoms with Gasteiger partial charge in [-0.05, 0) is 61.2 Å². The monoisotopic (exact) mass is 457 g/mol. The molecule has 2 aromatic rings. The molecule has 2 heterocycles. The summed E-state index contributed by atoms with van der Waals surface area (Å²) in [4.78, 5) is 17.4. The van der Waals surface area contributed by atoms with E-state index in [1.54, 1.807) is 19.2 Å². The molecular weight excluding hydrogens is 426 g/mol. The van der Waals surface area contributed by atoms with Gasteiger partial charge in [-0.1, -0.05) is 12.1 Å². The summed E-state index contributed by atoms with van der Waals surface area (Å²) in [5.74, 6) is 0.888. The highest BCUT2D eigenvalue weighted by Crippen LogP contribution is 2.35. The van der Waals surface area contributed by atoms with Gasteiger partial charge in [0, 0.05) is 44.3 Å². The fraction of sp³-hybridized carbons (Fsp3) is 0.458. The van der Waals surface area contributed by atoms with E-state index in [1.807, 2.05) is 30.0 Å². The first-order chi connectivity index (χ1) is 15.3. The van der Waals surface area contributed by atoms with Crippen molar-refractivity contribution in [1.29, 1.82) is 0 Å². The maximum atomic E-state index is 13.1. The number of carbonyl (C=O) groups excluding carboxylic acids is 1. The maximum Gasteiger partial charge on any atom is 0.253 e. The SMILES string of the molecule is COc1ccc(CCN2CCN(C(=O)c3ccc4c(c3)CC(C)N4S(C)(=O)=O)CC2)cc1. The quantitative estimate of drug-likeness (QED) is 0.666. The molecule has 1 fully saturated rings. The average Bonchev–Trinajstić information content (AvgIpc) is 3.13. The van der Waals surface area contributed by atoms with Crippen LogP contribution in [0.3, 0.4) is 0 Å². The van der Waals surface area contributed by atoms with Crippen molar-refractivity contribution in [2.45, 2.75) is 25.8 Å². The van der Waals surface area contributed by atoms with E-state index in [4.69, 9.17) is 4.74 Å². The number of hydrogen-bond donors (Lipinski definition) is 0. The third-order valence-electron chi connectivity index (χ3n) is 6.37. The molecule has 0 saturated carbocycles. The highest BCUT2D eigenvalue weighted by molar-refractivity contribution is 7.92. The third kappa shape index (κ3) is 4.76. The molecule has 0 N–H and O–H groups in total. The minimum absolute atomic E-state index is 0.0214. The Balaban J connectivity index is 1.33. The molecule has 0 aliphatic carbocycles. The van der Waals surface area contributed by atoms with Crippen LogP contribution in [0, 0.1) is 0 Å². The summed E-state index contributed by atoms with van der Waals surface area (Å²) in [6.07, 6.45) is 2.83. The van der Waals surface area contributed by atoms with E-state index < -0.39 is 10.0 Å². The lowest BCUT2D eigenvalue weighted by Crippen LogP contribution is -2.49. The third-order valence-corrected chi connectivity index (χ3v) is 7.64. The molecule has 7 nitrogen and oxygen atoms in total. The van der Waals surface area contributed by atoms with Gasteiger partial charge in [-0.2, -0.15) is 0 Å². The number of benzene rings is 2. The lowest BCUT2D eigenvalue weighted by atomic mass is 10.1. The van der Waals surface area contributed by atoms with Crippen LogP contribution < -0.4 is 9.04 Å². The van der Waals surface area contributed by atoms with Crippen molar-refractivity contribution in [3.05, 3.63) is 59.2 Å². The molecule has 1 amide bonds. The van der Waals surface area contributed by atoms with Crippen LogP contribution in [0.15, 0.2) is 42.5 Å². The number of nitrogens with zero attached hydrogens (tertiary/aromatic N) is 3. The molecule has 1 unspecified atom stereocenters. The summed E-state index contributed by atoms with van der Waals surface area (Å²) in [6, 6.07) is 13.4. The summed E-state index contributed by atoms with van der Waals surface area (Å²) in [6.45, 7) is 5.96. The Kier molecular flexibility index (Phi) is 6.44. The van der Waals surface area contributed by atoms with E-state index >= 15 is 0 Å². The predicted octanol–water partition coefficient (Wildman–Crippen LogP) is 2.41. The lowest BCUT2D eigenvalue weighted by molar-refractivity contribution is 0.0638. The van der Waals surface area contributed by atoms with E-state index in [-0.39, 0.29) is 11.9 Å². The summed E-state index contributed by atoms with van der Waals surface area (Å²) < 4.78 is 30.9. The summed E-state index contributed by atoms with van der Waals surface area (Å²) >= 11 is 0. The number of amides is 1. The van der Waals surface area contributed by atoms with Crippen LogP contribution in [0.1, 0.15) is 28.4 Å². The van der Waals surface area contributed by atoms with E-state index in [2.05, 4.69) is 17.0 Å². The van der Waals surface area contributed by atoms with Crippen molar-refractivity contribution >= 4 is 21.6 Å². The first kappa shape index (κ1) is 22.6. The minimum atomic E-state index is -3.33. The number of ether oxygens (including phenoxy) is 1. The van der Waals surface area contributed by atoms with Crippen LogP contribution in [0.2, 0.25) is 0 Å². The molecule has 2 aliphatic heterocycles. The van der Waals surface area contributed by atoms with Gasteiger partial charge in [-0.15, -0.1) is 0 Å². The molecule has 0 bridgehead atoms. The fourth-order valence-electron chi connectivity index (χ4n) is 4.68. The van der Waals surface area contributed by atoms with Crippen LogP contribution in [0.25, 0.3) is 0 Å². The zero-order chi connectivity index (χ0) is 22.9. The van der Waals surface area contributed by atoms with Gasteiger partial charge in [0.05, 0.1) is 19.1 Å². The number of piperazine rings is 1. The first-order valence-corrected chi connectivity index (χ1v) is 12.9. The molecule has 32 heavy (non-hydrogen) atoms. The molecule has 0 spiro atoms. The molecule has 1 saturated heterocycles. The molecule has 0 radical (unpaired) electrons. The Hall–Kier alpha value is -2.58. The number of anilines is 1. The molecule has 8 heteroatoms. The molecular formula is C24H31N3O4S. The standard InChI is InChI=1S/C24H31N3O4S/c1-18-16-21-17-20(6-9-23(21)27(18)32(3,29)30)24(28)26-14-12-25(13-15-26)11-10-19-4-7-22(31-2)8-5-19/h4-9,17-18H,10-16H2,1-3H3. The Labute approximate surface area is 190 Å². The van der Waals surface area contributed by atoms with Crippen LogP contribution in [0.5, 0.6) is 5.75 Å². The van der Waals surface area contributed by atoms with Gasteiger partial charge < -0.3 is 9.64 Å². The second-order valence-corrected chi connectivity index (χ2v) is 10.5. The van der Waals surface area contributed by atoms with Gasteiger partial charge in [0.25, 0.3) is 5.91 Å². The number of methoxy groups -OCH3 is 1. The van der Waals surface area contributed by atoms with E-state index in [9.17, 15) is 13.2 Å². The van der Waals surface area contributed by atoms with Crippen molar-refractivity contribution in [1.82, 2.24) is 9.80 Å². The summed E-state index contributed by atoms with van der Waals surface area (Å²) in [5.41, 5.74) is 3.53. The van der Waals surface area contributed by atoms with Gasteiger partial charge in [0.15, 0.2) is 0 Å². The maximum absolute atomic E-state index is 13.1. The second kappa shape index (κ2) is 9.11. The number of rotatable bonds is 6. The smallest absolute Gasteiger partial charge is 0.253 e. The largest absolute Gasteiger partial charge is 0.497 e. The number of fused-ring (bicyclic) bond motifs is 1. The Morgan fingerprint density at radius 3 is 2.38 bits per heavy atom. The summed E-state index contributed by atoms with van der Waals surface area (Å²) in [7, 11) is -1.66. The molecule has 172 valence electrons. The van der Waals surface area contributed by atoms with Crippen molar-refractivity contribution < 1.29 is 17.9 Å². The number of carbonyl (C=O) groups is 1. The fourth-order valence-corrected chi connectivity index (χ4v) is 5.94. The van der Waals surface area contributed by atoms with E-state index in [0.29, 0.717) is 30.8 Å². The molecule has 4 rings (SSSR count). The van der Waals surface area contributed by atoms with Crippen LogP contribution >= 0.6 is 0 Å². The number of sulfonamides is 1. The highest BCUT2D eigenvalue weighted by Gasteiger charge is 2.33. The van der Waals surface area contributed by atoms with Crippen LogP contribution in [-0.2, 0) is 22.9 Å².